The number of benzene rings is 2. The molecule has 0 aliphatic heterocycles. The van der Waals surface area contributed by atoms with Crippen LogP contribution in [-0.2, 0) is 0 Å². The number of nitriles is 1. The van der Waals surface area contributed by atoms with Crippen molar-refractivity contribution in [1.29, 1.82) is 5.26 Å². The Morgan fingerprint density at radius 2 is 2.05 bits per heavy atom. The van der Waals surface area contributed by atoms with E-state index in [-0.39, 0.29) is 5.82 Å². The molecule has 0 aliphatic carbocycles. The van der Waals surface area contributed by atoms with Crippen LogP contribution in [-0.4, -0.2) is 20.6 Å². The molecule has 0 bridgehead atoms. The monoisotopic (exact) mass is 276 g/mol. The molecule has 1 aromatic heterocycles. The molecular formula is C15H12N6. The van der Waals surface area contributed by atoms with E-state index in [4.69, 9.17) is 5.26 Å². The quantitative estimate of drug-likeness (QED) is 0.718. The summed E-state index contributed by atoms with van der Waals surface area (Å²) in [6.45, 7) is 2.07. The van der Waals surface area contributed by atoms with Gasteiger partial charge in [-0.3, -0.25) is 0 Å². The first-order chi connectivity index (χ1) is 10.3. The molecule has 6 heteroatoms. The van der Waals surface area contributed by atoms with Gasteiger partial charge in [0.1, 0.15) is 11.6 Å². The third-order valence-electron chi connectivity index (χ3n) is 3.22. The average Bonchev–Trinajstić information content (AvgIpc) is 3.04. The third kappa shape index (κ3) is 2.44. The Kier molecular flexibility index (Phi) is 3.31. The van der Waals surface area contributed by atoms with Gasteiger partial charge >= 0.3 is 0 Å². The maximum absolute atomic E-state index is 9.15. The van der Waals surface area contributed by atoms with E-state index >= 15 is 0 Å². The van der Waals surface area contributed by atoms with Crippen LogP contribution in [0.4, 0.5) is 5.69 Å². The number of fused-ring (bicyclic) bond motifs is 1. The topological polar surface area (TPSA) is 90.3 Å². The summed E-state index contributed by atoms with van der Waals surface area (Å²) in [6.07, 6.45) is 1.59. The summed E-state index contributed by atoms with van der Waals surface area (Å²) in [7, 11) is 0. The van der Waals surface area contributed by atoms with Crippen molar-refractivity contribution in [2.24, 2.45) is 0 Å². The molecule has 0 saturated heterocycles. The Morgan fingerprint density at radius 1 is 1.24 bits per heavy atom. The lowest BCUT2D eigenvalue weighted by molar-refractivity contribution is 0.881. The van der Waals surface area contributed by atoms with E-state index in [1.165, 1.54) is 10.9 Å². The number of aryl methyl sites for hydroxylation is 1. The smallest absolute Gasteiger partial charge is 0.216 e. The van der Waals surface area contributed by atoms with Crippen molar-refractivity contribution in [2.45, 2.75) is 6.92 Å². The Hall–Kier alpha value is -3.20. The predicted octanol–water partition coefficient (Wildman–Crippen LogP) is 2.64. The number of allylic oxidation sites excluding steroid dienone is 1. The standard InChI is InChI=1S/C15H12N6/c1-10-6-7-14(13-5-3-2-4-12(10)13)17-9-11(8-16)15-18-20-21-19-15/h2-7,9,17H,1H3,(H,18,19,20,21). The molecule has 3 aromatic rings. The maximum atomic E-state index is 9.15. The number of rotatable bonds is 3. The van der Waals surface area contributed by atoms with Crippen molar-refractivity contribution in [1.82, 2.24) is 20.6 Å². The number of H-pyrrole nitrogens is 1. The highest BCUT2D eigenvalue weighted by atomic mass is 15.5. The summed E-state index contributed by atoms with van der Waals surface area (Å²) in [5, 5.41) is 28.0. The second-order valence-corrected chi connectivity index (χ2v) is 4.53. The SMILES string of the molecule is Cc1ccc(NC=C(C#N)c2nn[nH]n2)c2ccccc12. The van der Waals surface area contributed by atoms with Crippen molar-refractivity contribution in [2.75, 3.05) is 5.32 Å². The molecule has 21 heavy (non-hydrogen) atoms. The predicted molar refractivity (Wildman–Crippen MR) is 80.1 cm³/mol. The second-order valence-electron chi connectivity index (χ2n) is 4.53. The number of hydrogen-bond acceptors (Lipinski definition) is 5. The van der Waals surface area contributed by atoms with E-state index in [1.54, 1.807) is 6.20 Å². The van der Waals surface area contributed by atoms with Crippen LogP contribution < -0.4 is 5.32 Å². The highest BCUT2D eigenvalue weighted by Crippen LogP contribution is 2.26. The van der Waals surface area contributed by atoms with Gasteiger partial charge in [0.05, 0.1) is 0 Å². The minimum absolute atomic E-state index is 0.265. The lowest BCUT2D eigenvalue weighted by atomic mass is 10.0. The summed E-state index contributed by atoms with van der Waals surface area (Å²) >= 11 is 0. The van der Waals surface area contributed by atoms with Crippen LogP contribution in [0, 0.1) is 18.3 Å². The van der Waals surface area contributed by atoms with E-state index in [9.17, 15) is 0 Å². The molecule has 102 valence electrons. The normalized spacial score (nSPS) is 11.3. The molecule has 0 atom stereocenters. The van der Waals surface area contributed by atoms with E-state index in [0.717, 1.165) is 11.1 Å². The minimum atomic E-state index is 0.265. The van der Waals surface area contributed by atoms with Crippen LogP contribution in [0.15, 0.2) is 42.6 Å². The average molecular weight is 276 g/mol. The summed E-state index contributed by atoms with van der Waals surface area (Å²) in [5.74, 6) is 0.265. The summed E-state index contributed by atoms with van der Waals surface area (Å²) in [6, 6.07) is 14.2. The lowest BCUT2D eigenvalue weighted by Crippen LogP contribution is -1.94. The summed E-state index contributed by atoms with van der Waals surface area (Å²) in [5.41, 5.74) is 2.44. The van der Waals surface area contributed by atoms with Gasteiger partial charge in [0.25, 0.3) is 0 Å². The highest BCUT2D eigenvalue weighted by molar-refractivity contribution is 5.96. The number of anilines is 1. The Labute approximate surface area is 121 Å². The van der Waals surface area contributed by atoms with Crippen LogP contribution in [0.25, 0.3) is 16.3 Å². The molecule has 0 amide bonds. The first-order valence-electron chi connectivity index (χ1n) is 6.38. The molecule has 1 heterocycles. The van der Waals surface area contributed by atoms with Gasteiger partial charge < -0.3 is 5.32 Å². The Bertz CT molecular complexity index is 842. The lowest BCUT2D eigenvalue weighted by Gasteiger charge is -2.08. The largest absolute Gasteiger partial charge is 0.360 e. The molecule has 0 unspecified atom stereocenters. The Balaban J connectivity index is 1.99. The van der Waals surface area contributed by atoms with Gasteiger partial charge in [0, 0.05) is 17.3 Å². The number of tetrazole rings is 1. The van der Waals surface area contributed by atoms with E-state index in [0.29, 0.717) is 5.57 Å². The summed E-state index contributed by atoms with van der Waals surface area (Å²) < 4.78 is 0. The Morgan fingerprint density at radius 3 is 2.76 bits per heavy atom. The zero-order chi connectivity index (χ0) is 14.7. The molecule has 0 saturated carbocycles. The van der Waals surface area contributed by atoms with Crippen molar-refractivity contribution in [3.05, 3.63) is 54.0 Å². The van der Waals surface area contributed by atoms with Crippen LogP contribution >= 0.6 is 0 Å². The number of hydrogen-bond donors (Lipinski definition) is 2. The first kappa shape index (κ1) is 12.8. The third-order valence-corrected chi connectivity index (χ3v) is 3.22. The van der Waals surface area contributed by atoms with Gasteiger partial charge in [-0.2, -0.15) is 10.5 Å². The molecule has 6 nitrogen and oxygen atoms in total. The zero-order valence-electron chi connectivity index (χ0n) is 11.3. The molecule has 0 radical (unpaired) electrons. The van der Waals surface area contributed by atoms with Crippen LogP contribution in [0.5, 0.6) is 0 Å². The van der Waals surface area contributed by atoms with Gasteiger partial charge in [-0.15, -0.1) is 10.2 Å². The maximum Gasteiger partial charge on any atom is 0.216 e. The number of aromatic amines is 1. The van der Waals surface area contributed by atoms with Crippen LogP contribution in [0.1, 0.15) is 11.4 Å². The van der Waals surface area contributed by atoms with Crippen molar-refractivity contribution in [3.8, 4) is 6.07 Å². The molecule has 0 fully saturated rings. The van der Waals surface area contributed by atoms with Gasteiger partial charge in [-0.25, -0.2) is 0 Å². The van der Waals surface area contributed by atoms with Gasteiger partial charge in [0.15, 0.2) is 0 Å². The minimum Gasteiger partial charge on any atom is -0.360 e. The number of nitrogens with zero attached hydrogens (tertiary/aromatic N) is 4. The van der Waals surface area contributed by atoms with E-state index < -0.39 is 0 Å². The van der Waals surface area contributed by atoms with Gasteiger partial charge in [0.2, 0.25) is 5.82 Å². The first-order valence-corrected chi connectivity index (χ1v) is 6.38. The molecular weight excluding hydrogens is 264 g/mol. The van der Waals surface area contributed by atoms with Gasteiger partial charge in [-0.1, -0.05) is 30.3 Å². The molecule has 2 N–H and O–H groups in total. The van der Waals surface area contributed by atoms with E-state index in [2.05, 4.69) is 38.9 Å². The molecule has 3 rings (SSSR count). The van der Waals surface area contributed by atoms with Crippen molar-refractivity contribution in [3.63, 3.8) is 0 Å². The zero-order valence-corrected chi connectivity index (χ0v) is 11.3. The van der Waals surface area contributed by atoms with Crippen LogP contribution in [0.3, 0.4) is 0 Å². The molecule has 2 aromatic carbocycles. The fraction of sp³-hybridized carbons (Fsp3) is 0.0667. The highest BCUT2D eigenvalue weighted by Gasteiger charge is 2.06. The molecule has 0 spiro atoms. The summed E-state index contributed by atoms with van der Waals surface area (Å²) in [4.78, 5) is 0. The second kappa shape index (κ2) is 5.43. The van der Waals surface area contributed by atoms with E-state index in [1.807, 2.05) is 36.4 Å². The fourth-order valence-corrected chi connectivity index (χ4v) is 2.15. The number of nitrogens with one attached hydrogen (secondary N) is 2. The van der Waals surface area contributed by atoms with Crippen molar-refractivity contribution >= 4 is 22.0 Å². The van der Waals surface area contributed by atoms with Crippen LogP contribution in [0.2, 0.25) is 0 Å². The van der Waals surface area contributed by atoms with Gasteiger partial charge in [-0.05, 0) is 29.2 Å². The molecule has 0 aliphatic rings. The van der Waals surface area contributed by atoms with Crippen molar-refractivity contribution < 1.29 is 0 Å². The fourth-order valence-electron chi connectivity index (χ4n) is 2.15. The number of aromatic nitrogens is 4.